The molecule has 0 unspecified atom stereocenters. The number of nitrogens with zero attached hydrogens (tertiary/aromatic N) is 1. The van der Waals surface area contributed by atoms with Gasteiger partial charge in [0.2, 0.25) is 0 Å². The fraction of sp³-hybridized carbons (Fsp3) is 0.200. The largest absolute Gasteiger partial charge is 0.416 e. The SMILES string of the molecule is O=C(NCc1ccc(C[SH](=O)=O)cc1)c1ccc(CNCc2ccc(C[SH](=O)=O)cc2)n(-c2cccc(C(F)(F)F)c2)c1=O. The Kier molecular flexibility index (Phi) is 10.7. The Bertz CT molecular complexity index is 1830. The third-order valence-corrected chi connectivity index (χ3v) is 7.84. The summed E-state index contributed by atoms with van der Waals surface area (Å²) in [5.74, 6) is -0.928. The summed E-state index contributed by atoms with van der Waals surface area (Å²) in [6.45, 7) is 0.398. The minimum atomic E-state index is -4.66. The zero-order valence-electron chi connectivity index (χ0n) is 23.0. The van der Waals surface area contributed by atoms with Crippen molar-refractivity contribution >= 4 is 27.3 Å². The lowest BCUT2D eigenvalue weighted by atomic mass is 10.1. The molecule has 0 spiro atoms. The van der Waals surface area contributed by atoms with E-state index in [0.717, 1.165) is 22.3 Å². The van der Waals surface area contributed by atoms with Crippen molar-refractivity contribution in [3.05, 3.63) is 134 Å². The van der Waals surface area contributed by atoms with Crippen LogP contribution in [0, 0.1) is 0 Å². The van der Waals surface area contributed by atoms with Crippen molar-refractivity contribution in [1.29, 1.82) is 0 Å². The number of alkyl halides is 3. The maximum absolute atomic E-state index is 13.6. The van der Waals surface area contributed by atoms with Gasteiger partial charge in [-0.25, -0.2) is 16.8 Å². The normalized spacial score (nSPS) is 11.7. The van der Waals surface area contributed by atoms with Crippen LogP contribution in [-0.2, 0) is 58.7 Å². The first kappa shape index (κ1) is 32.6. The van der Waals surface area contributed by atoms with Crippen LogP contribution in [0.1, 0.15) is 43.9 Å². The molecule has 232 valence electrons. The van der Waals surface area contributed by atoms with Gasteiger partial charge >= 0.3 is 6.18 Å². The van der Waals surface area contributed by atoms with E-state index < -0.39 is 44.6 Å². The lowest BCUT2D eigenvalue weighted by Crippen LogP contribution is -2.34. The van der Waals surface area contributed by atoms with Crippen molar-refractivity contribution in [3.8, 4) is 5.69 Å². The van der Waals surface area contributed by atoms with Crippen LogP contribution in [0.15, 0.2) is 89.7 Å². The van der Waals surface area contributed by atoms with Gasteiger partial charge in [-0.1, -0.05) is 54.6 Å². The van der Waals surface area contributed by atoms with Crippen molar-refractivity contribution in [1.82, 2.24) is 15.2 Å². The molecule has 0 aliphatic rings. The number of aromatic nitrogens is 1. The maximum atomic E-state index is 13.6. The van der Waals surface area contributed by atoms with Crippen LogP contribution in [0.2, 0.25) is 0 Å². The fourth-order valence-corrected chi connectivity index (χ4v) is 5.45. The molecule has 1 amide bonds. The molecule has 1 aromatic heterocycles. The highest BCUT2D eigenvalue weighted by atomic mass is 32.2. The minimum absolute atomic E-state index is 0.0268. The van der Waals surface area contributed by atoms with Crippen molar-refractivity contribution in [2.75, 3.05) is 0 Å². The van der Waals surface area contributed by atoms with Gasteiger partial charge < -0.3 is 10.6 Å². The van der Waals surface area contributed by atoms with Crippen molar-refractivity contribution in [2.24, 2.45) is 0 Å². The number of thiol groups is 2. The van der Waals surface area contributed by atoms with E-state index in [-0.39, 0.29) is 35.8 Å². The second kappa shape index (κ2) is 14.5. The molecule has 0 aliphatic heterocycles. The molecule has 4 rings (SSSR count). The van der Waals surface area contributed by atoms with E-state index >= 15 is 0 Å². The molecule has 0 aliphatic carbocycles. The number of amides is 1. The third kappa shape index (κ3) is 8.88. The molecule has 1 heterocycles. The summed E-state index contributed by atoms with van der Waals surface area (Å²) in [6, 6.07) is 20.4. The van der Waals surface area contributed by atoms with Gasteiger partial charge in [0.1, 0.15) is 27.0 Å². The van der Waals surface area contributed by atoms with E-state index in [1.165, 1.54) is 24.3 Å². The van der Waals surface area contributed by atoms with Crippen LogP contribution in [0.3, 0.4) is 0 Å². The molecule has 3 aromatic carbocycles. The van der Waals surface area contributed by atoms with E-state index in [1.807, 2.05) is 0 Å². The molecule has 4 aromatic rings. The Morgan fingerprint density at radius 3 is 1.80 bits per heavy atom. The Morgan fingerprint density at radius 1 is 0.705 bits per heavy atom. The number of rotatable bonds is 12. The van der Waals surface area contributed by atoms with Gasteiger partial charge in [0.15, 0.2) is 0 Å². The fourth-order valence-electron chi connectivity index (χ4n) is 4.43. The topological polar surface area (TPSA) is 131 Å². The summed E-state index contributed by atoms with van der Waals surface area (Å²) in [5, 5.41) is 5.76. The summed E-state index contributed by atoms with van der Waals surface area (Å²) >= 11 is 0. The quantitative estimate of drug-likeness (QED) is 0.174. The van der Waals surface area contributed by atoms with Crippen molar-refractivity contribution in [3.63, 3.8) is 0 Å². The van der Waals surface area contributed by atoms with E-state index in [1.54, 1.807) is 48.5 Å². The summed E-state index contributed by atoms with van der Waals surface area (Å²) in [5.41, 5.74) is 0.861. The number of pyridine rings is 1. The molecule has 0 saturated heterocycles. The Morgan fingerprint density at radius 2 is 1.25 bits per heavy atom. The molecule has 9 nitrogen and oxygen atoms in total. The number of carbonyl (C=O) groups excluding carboxylic acids is 1. The monoisotopic (exact) mass is 647 g/mol. The molecule has 2 N–H and O–H groups in total. The van der Waals surface area contributed by atoms with Crippen LogP contribution < -0.4 is 16.2 Å². The predicted octanol–water partition coefficient (Wildman–Crippen LogP) is 3.30. The van der Waals surface area contributed by atoms with Gasteiger partial charge in [-0.05, 0) is 52.6 Å². The standard InChI is InChI=1S/C30H28F3N3O6S2/c31-30(32,33)24-2-1-3-25(14-24)36-26(17-34-15-20-4-8-22(9-5-20)18-43(39)40)12-13-27(29(36)38)28(37)35-16-21-6-10-23(11-7-21)19-44(41)42/h1-14,34,43-44H,15-19H2,(H,35,37). The highest BCUT2D eigenvalue weighted by Crippen LogP contribution is 2.30. The summed E-state index contributed by atoms with van der Waals surface area (Å²) in [6.07, 6.45) is -4.66. The molecule has 44 heavy (non-hydrogen) atoms. The van der Waals surface area contributed by atoms with Crippen LogP contribution in [0.5, 0.6) is 0 Å². The zero-order valence-corrected chi connectivity index (χ0v) is 24.8. The second-order valence-electron chi connectivity index (χ2n) is 9.83. The van der Waals surface area contributed by atoms with E-state index in [2.05, 4.69) is 10.6 Å². The average Bonchev–Trinajstić information content (AvgIpc) is 2.97. The van der Waals surface area contributed by atoms with Crippen LogP contribution in [-0.4, -0.2) is 27.3 Å². The smallest absolute Gasteiger partial charge is 0.348 e. The van der Waals surface area contributed by atoms with Gasteiger partial charge in [-0.2, -0.15) is 13.2 Å². The van der Waals surface area contributed by atoms with Crippen molar-refractivity contribution < 1.29 is 34.8 Å². The molecule has 0 atom stereocenters. The van der Waals surface area contributed by atoms with Crippen LogP contribution >= 0.6 is 0 Å². The predicted molar refractivity (Wildman–Crippen MR) is 160 cm³/mol. The molecule has 0 bridgehead atoms. The Hall–Kier alpha value is -4.27. The first-order valence-electron chi connectivity index (χ1n) is 13.2. The van der Waals surface area contributed by atoms with Gasteiger partial charge in [0.05, 0.1) is 17.1 Å². The summed E-state index contributed by atoms with van der Waals surface area (Å²) in [7, 11) is -5.14. The van der Waals surface area contributed by atoms with Gasteiger partial charge in [0.25, 0.3) is 11.5 Å². The molecule has 0 fully saturated rings. The highest BCUT2D eigenvalue weighted by molar-refractivity contribution is 7.71. The second-order valence-corrected chi connectivity index (χ2v) is 11.8. The van der Waals surface area contributed by atoms with Crippen LogP contribution in [0.4, 0.5) is 13.2 Å². The van der Waals surface area contributed by atoms with Gasteiger partial charge in [-0.15, -0.1) is 0 Å². The first-order chi connectivity index (χ1) is 20.9. The summed E-state index contributed by atoms with van der Waals surface area (Å²) < 4.78 is 85.3. The lowest BCUT2D eigenvalue weighted by Gasteiger charge is -2.17. The lowest BCUT2D eigenvalue weighted by molar-refractivity contribution is -0.137. The third-order valence-electron chi connectivity index (χ3n) is 6.60. The number of halogens is 3. The van der Waals surface area contributed by atoms with E-state index in [4.69, 9.17) is 0 Å². The number of hydrogen-bond donors (Lipinski definition) is 4. The number of nitrogens with one attached hydrogen (secondary N) is 2. The number of benzene rings is 3. The van der Waals surface area contributed by atoms with E-state index in [0.29, 0.717) is 28.9 Å². The number of hydrogen-bond acceptors (Lipinski definition) is 7. The van der Waals surface area contributed by atoms with E-state index in [9.17, 15) is 39.6 Å². The van der Waals surface area contributed by atoms with Gasteiger partial charge in [0, 0.05) is 31.0 Å². The maximum Gasteiger partial charge on any atom is 0.416 e. The zero-order chi connectivity index (χ0) is 31.9. The van der Waals surface area contributed by atoms with Crippen LogP contribution in [0.25, 0.3) is 5.69 Å². The molecular formula is C30H28F3N3O6S2. The average molecular weight is 648 g/mol. The molecule has 14 heteroatoms. The van der Waals surface area contributed by atoms with Crippen molar-refractivity contribution in [2.45, 2.75) is 37.3 Å². The Balaban J connectivity index is 1.58. The Labute approximate surface area is 254 Å². The number of carbonyl (C=O) groups is 1. The van der Waals surface area contributed by atoms with Gasteiger partial charge in [-0.3, -0.25) is 14.2 Å². The first-order valence-corrected chi connectivity index (χ1v) is 15.9. The highest BCUT2D eigenvalue weighted by Gasteiger charge is 2.31. The molecule has 0 saturated carbocycles. The molecular weight excluding hydrogens is 619 g/mol. The minimum Gasteiger partial charge on any atom is -0.348 e. The molecule has 0 radical (unpaired) electrons. The summed E-state index contributed by atoms with van der Waals surface area (Å²) in [4.78, 5) is 26.6.